The van der Waals surface area contributed by atoms with Crippen molar-refractivity contribution >= 4 is 45.9 Å². The molecular weight excluding hydrogens is 489 g/mol. The van der Waals surface area contributed by atoms with E-state index >= 15 is 0 Å². The maximum Gasteiger partial charge on any atom is 0.261 e. The normalized spacial score (nSPS) is 12.5. The Kier molecular flexibility index (Phi) is 6.91. The molecule has 1 aromatic carbocycles. The first-order chi connectivity index (χ1) is 16.5. The van der Waals surface area contributed by atoms with E-state index in [1.165, 1.54) is 23.5 Å². The summed E-state index contributed by atoms with van der Waals surface area (Å²) in [6.07, 6.45) is 3.19. The number of hydrogen-bond acceptors (Lipinski definition) is 5. The first kappa shape index (κ1) is 24.8. The number of amides is 2. The van der Waals surface area contributed by atoms with Crippen LogP contribution in [-0.2, 0) is 6.54 Å². The van der Waals surface area contributed by atoms with Crippen LogP contribution >= 0.6 is 22.9 Å². The summed E-state index contributed by atoms with van der Waals surface area (Å²) in [7, 11) is 0. The molecule has 1 unspecified atom stereocenters. The van der Waals surface area contributed by atoms with Gasteiger partial charge in [-0.25, -0.2) is 14.4 Å². The predicted octanol–water partition coefficient (Wildman–Crippen LogP) is 5.57. The molecule has 0 aliphatic carbocycles. The largest absolute Gasteiger partial charge is 0.349 e. The fraction of sp³-hybridized carbons (Fsp3) is 0.280. The van der Waals surface area contributed by atoms with Gasteiger partial charge in [-0.15, -0.1) is 11.3 Å². The highest BCUT2D eigenvalue weighted by Gasteiger charge is 2.24. The lowest BCUT2D eigenvalue weighted by molar-refractivity contribution is 0.0910. The number of benzene rings is 1. The molecule has 0 fully saturated rings. The zero-order valence-corrected chi connectivity index (χ0v) is 21.3. The van der Waals surface area contributed by atoms with Crippen molar-refractivity contribution in [3.63, 3.8) is 0 Å². The third kappa shape index (κ3) is 5.36. The molecule has 0 aliphatic heterocycles. The maximum atomic E-state index is 14.0. The van der Waals surface area contributed by atoms with E-state index in [0.717, 1.165) is 0 Å². The number of thiophene rings is 1. The van der Waals surface area contributed by atoms with Crippen molar-refractivity contribution in [2.75, 3.05) is 0 Å². The first-order valence-electron chi connectivity index (χ1n) is 11.0. The fourth-order valence-corrected chi connectivity index (χ4v) is 4.34. The number of nitrogens with one attached hydrogen (secondary N) is 3. The van der Waals surface area contributed by atoms with Gasteiger partial charge >= 0.3 is 0 Å². The summed E-state index contributed by atoms with van der Waals surface area (Å²) in [5, 5.41) is 5.96. The lowest BCUT2D eigenvalue weighted by Crippen LogP contribution is -2.41. The molecule has 10 heteroatoms. The number of aromatic nitrogens is 3. The Balaban J connectivity index is 1.52. The van der Waals surface area contributed by atoms with Crippen molar-refractivity contribution in [2.24, 2.45) is 5.41 Å². The van der Waals surface area contributed by atoms with E-state index in [1.54, 1.807) is 30.6 Å². The number of aromatic amines is 1. The molecule has 0 bridgehead atoms. The molecule has 3 aromatic heterocycles. The minimum Gasteiger partial charge on any atom is -0.349 e. The molecule has 0 aliphatic rings. The SMILES string of the molecule is CC(NC(=O)c1c[nH]c2ncc(-c3ccc(C(=O)NCc4c(F)cccc4Cl)s3)nc12)C(C)(C)C. The second-order valence-electron chi connectivity index (χ2n) is 9.26. The van der Waals surface area contributed by atoms with Crippen molar-refractivity contribution in [1.82, 2.24) is 25.6 Å². The van der Waals surface area contributed by atoms with Crippen molar-refractivity contribution < 1.29 is 14.0 Å². The van der Waals surface area contributed by atoms with E-state index in [1.807, 2.05) is 6.92 Å². The Labute approximate surface area is 211 Å². The molecule has 1 atom stereocenters. The molecule has 0 spiro atoms. The summed E-state index contributed by atoms with van der Waals surface area (Å²) >= 11 is 7.26. The van der Waals surface area contributed by atoms with Crippen LogP contribution in [0.5, 0.6) is 0 Å². The molecule has 3 N–H and O–H groups in total. The highest BCUT2D eigenvalue weighted by atomic mass is 35.5. The number of carbonyl (C=O) groups is 2. The van der Waals surface area contributed by atoms with E-state index in [-0.39, 0.29) is 40.4 Å². The molecule has 3 heterocycles. The Hall–Kier alpha value is -3.30. The average Bonchev–Trinajstić information content (AvgIpc) is 3.45. The van der Waals surface area contributed by atoms with Crippen LogP contribution in [0.3, 0.4) is 0 Å². The molecule has 0 radical (unpaired) electrons. The second kappa shape index (κ2) is 9.75. The number of nitrogens with zero attached hydrogens (tertiary/aromatic N) is 2. The summed E-state index contributed by atoms with van der Waals surface area (Å²) in [5.74, 6) is -1.06. The average molecular weight is 514 g/mol. The minimum atomic E-state index is -0.475. The molecule has 0 saturated heterocycles. The van der Waals surface area contributed by atoms with Crippen LogP contribution in [0.15, 0.2) is 42.7 Å². The van der Waals surface area contributed by atoms with Gasteiger partial charge in [0.1, 0.15) is 11.3 Å². The molecule has 182 valence electrons. The van der Waals surface area contributed by atoms with Gasteiger partial charge < -0.3 is 15.6 Å². The van der Waals surface area contributed by atoms with Gasteiger partial charge in [-0.3, -0.25) is 9.59 Å². The zero-order chi connectivity index (χ0) is 25.3. The Morgan fingerprint density at radius 3 is 2.69 bits per heavy atom. The monoisotopic (exact) mass is 513 g/mol. The quantitative estimate of drug-likeness (QED) is 0.313. The zero-order valence-electron chi connectivity index (χ0n) is 19.7. The minimum absolute atomic E-state index is 0.0296. The highest BCUT2D eigenvalue weighted by Crippen LogP contribution is 2.29. The van der Waals surface area contributed by atoms with E-state index in [4.69, 9.17) is 11.6 Å². The van der Waals surface area contributed by atoms with Gasteiger partial charge in [-0.05, 0) is 36.6 Å². The number of H-pyrrole nitrogens is 1. The van der Waals surface area contributed by atoms with Gasteiger partial charge in [0.15, 0.2) is 5.65 Å². The molecular formula is C25H25ClFN5O2S. The molecule has 4 aromatic rings. The highest BCUT2D eigenvalue weighted by molar-refractivity contribution is 7.17. The lowest BCUT2D eigenvalue weighted by atomic mass is 9.88. The van der Waals surface area contributed by atoms with E-state index in [0.29, 0.717) is 32.2 Å². The molecule has 0 saturated carbocycles. The van der Waals surface area contributed by atoms with E-state index < -0.39 is 5.82 Å². The number of halogens is 2. The summed E-state index contributed by atoms with van der Waals surface area (Å²) in [5.41, 5.74) is 2.03. The van der Waals surface area contributed by atoms with Crippen molar-refractivity contribution in [2.45, 2.75) is 40.3 Å². The van der Waals surface area contributed by atoms with Crippen LogP contribution in [-0.4, -0.2) is 32.8 Å². The van der Waals surface area contributed by atoms with Gasteiger partial charge in [0.2, 0.25) is 0 Å². The lowest BCUT2D eigenvalue weighted by Gasteiger charge is -2.27. The number of rotatable bonds is 6. The Bertz CT molecular complexity index is 1390. The van der Waals surface area contributed by atoms with Crippen LogP contribution in [0.2, 0.25) is 5.02 Å². The fourth-order valence-electron chi connectivity index (χ4n) is 3.23. The van der Waals surface area contributed by atoms with Gasteiger partial charge in [0.05, 0.1) is 27.2 Å². The predicted molar refractivity (Wildman–Crippen MR) is 136 cm³/mol. The van der Waals surface area contributed by atoms with Crippen molar-refractivity contribution in [1.29, 1.82) is 0 Å². The van der Waals surface area contributed by atoms with E-state index in [9.17, 15) is 14.0 Å². The van der Waals surface area contributed by atoms with Crippen LogP contribution in [0.1, 0.15) is 53.3 Å². The van der Waals surface area contributed by atoms with Gasteiger partial charge in [0.25, 0.3) is 11.8 Å². The van der Waals surface area contributed by atoms with E-state index in [2.05, 4.69) is 46.4 Å². The van der Waals surface area contributed by atoms with Crippen LogP contribution in [0.4, 0.5) is 4.39 Å². The smallest absolute Gasteiger partial charge is 0.261 e. The maximum absolute atomic E-state index is 14.0. The standard InChI is InChI=1S/C25H25ClFN5O2S/c1-13(25(2,3)4)31-23(33)15-11-28-22-21(15)32-18(12-29-22)19-8-9-20(35-19)24(34)30-10-14-16(26)6-5-7-17(14)27/h5-9,11-13H,10H2,1-4H3,(H,28,29)(H,30,34)(H,31,33). The second-order valence-corrected chi connectivity index (χ2v) is 10.8. The molecule has 4 rings (SSSR count). The summed E-state index contributed by atoms with van der Waals surface area (Å²) in [6.45, 7) is 8.10. The molecule has 35 heavy (non-hydrogen) atoms. The molecule has 7 nitrogen and oxygen atoms in total. The number of hydrogen-bond donors (Lipinski definition) is 3. The third-order valence-corrected chi connectivity index (χ3v) is 7.30. The number of carbonyl (C=O) groups excluding carboxylic acids is 2. The topological polar surface area (TPSA) is 99.8 Å². The van der Waals surface area contributed by atoms with Crippen LogP contribution < -0.4 is 10.6 Å². The Morgan fingerprint density at radius 2 is 1.97 bits per heavy atom. The first-order valence-corrected chi connectivity index (χ1v) is 12.2. The summed E-state index contributed by atoms with van der Waals surface area (Å²) < 4.78 is 14.0. The van der Waals surface area contributed by atoms with Crippen LogP contribution in [0, 0.1) is 11.2 Å². The third-order valence-electron chi connectivity index (χ3n) is 5.84. The summed E-state index contributed by atoms with van der Waals surface area (Å²) in [6, 6.07) is 7.76. The number of fused-ring (bicyclic) bond motifs is 1. The van der Waals surface area contributed by atoms with Gasteiger partial charge in [-0.2, -0.15) is 0 Å². The van der Waals surface area contributed by atoms with Crippen LogP contribution in [0.25, 0.3) is 21.7 Å². The summed E-state index contributed by atoms with van der Waals surface area (Å²) in [4.78, 5) is 38.7. The van der Waals surface area contributed by atoms with Gasteiger partial charge in [0, 0.05) is 29.4 Å². The van der Waals surface area contributed by atoms with Crippen molar-refractivity contribution in [3.05, 3.63) is 69.6 Å². The Morgan fingerprint density at radius 1 is 1.20 bits per heavy atom. The molecule has 2 amide bonds. The van der Waals surface area contributed by atoms with Crippen molar-refractivity contribution in [3.8, 4) is 10.6 Å². The van der Waals surface area contributed by atoms with Gasteiger partial charge in [-0.1, -0.05) is 38.4 Å².